The van der Waals surface area contributed by atoms with E-state index in [1.165, 1.54) is 0 Å². The van der Waals surface area contributed by atoms with Gasteiger partial charge in [-0.15, -0.1) is 0 Å². The lowest BCUT2D eigenvalue weighted by Gasteiger charge is -2.40. The van der Waals surface area contributed by atoms with Crippen molar-refractivity contribution in [2.24, 2.45) is 0 Å². The molecule has 196 valence electrons. The Morgan fingerprint density at radius 3 is 1.26 bits per heavy atom. The molecule has 2 fully saturated rings. The third kappa shape index (κ3) is 5.23. The van der Waals surface area contributed by atoms with Crippen LogP contribution in [0.5, 0.6) is 0 Å². The quantitative estimate of drug-likeness (QED) is 0.279. The monoisotopic (exact) mass is 546 g/mol. The van der Waals surface area contributed by atoms with Crippen LogP contribution < -0.4 is 21.7 Å². The van der Waals surface area contributed by atoms with Crippen LogP contribution in [0.2, 0.25) is 0 Å². The molecule has 0 aliphatic carbocycles. The van der Waals surface area contributed by atoms with Gasteiger partial charge in [0.25, 0.3) is 0 Å². The molecule has 2 aromatic carbocycles. The molecule has 0 radical (unpaired) electrons. The van der Waals surface area contributed by atoms with Gasteiger partial charge in [0.1, 0.15) is 12.3 Å². The van der Waals surface area contributed by atoms with Gasteiger partial charge < -0.3 is 0 Å². The highest BCUT2D eigenvalue weighted by molar-refractivity contribution is 7.80. The number of fused-ring (bicyclic) bond motifs is 2. The van der Waals surface area contributed by atoms with E-state index in [1.807, 2.05) is 84.9 Å². The Bertz CT molecular complexity index is 1330. The number of thiocarbonyl (C=S) groups is 2. The first-order valence-corrected chi connectivity index (χ1v) is 12.9. The van der Waals surface area contributed by atoms with Gasteiger partial charge in [0.2, 0.25) is 0 Å². The van der Waals surface area contributed by atoms with Crippen molar-refractivity contribution in [3.05, 3.63) is 84.2 Å². The van der Waals surface area contributed by atoms with E-state index < -0.39 is 0 Å². The Hall–Kier alpha value is -3.52. The Morgan fingerprint density at radius 2 is 0.895 bits per heavy atom. The van der Waals surface area contributed by atoms with Gasteiger partial charge in [-0.2, -0.15) is 0 Å². The van der Waals surface area contributed by atoms with Crippen LogP contribution in [0.15, 0.2) is 73.1 Å². The molecule has 2 aliphatic rings. The van der Waals surface area contributed by atoms with Crippen molar-refractivity contribution in [2.45, 2.75) is 12.3 Å². The van der Waals surface area contributed by atoms with Gasteiger partial charge in [-0.05, 0) is 36.6 Å². The summed E-state index contributed by atoms with van der Waals surface area (Å²) in [7, 11) is 7.63. The zero-order valence-electron chi connectivity index (χ0n) is 21.6. The minimum Gasteiger partial charge on any atom is -0.285 e. The summed E-state index contributed by atoms with van der Waals surface area (Å²) in [6, 6.07) is 20.3. The van der Waals surface area contributed by atoms with Crippen molar-refractivity contribution in [3.8, 4) is 0 Å². The van der Waals surface area contributed by atoms with E-state index in [-0.39, 0.29) is 12.3 Å². The van der Waals surface area contributed by atoms with Gasteiger partial charge >= 0.3 is 0 Å². The lowest BCUT2D eigenvalue weighted by molar-refractivity contribution is 0.132. The maximum atomic E-state index is 5.26. The SMILES string of the molecule is CN1NC(c2cccc3cccnc23)NN(C)C1=S.CN1NC(c2cccc3cccnc23)NN(C)C1=S. The number of nitrogens with one attached hydrogen (secondary N) is 4. The second-order valence-electron chi connectivity index (χ2n) is 9.03. The Kier molecular flexibility index (Phi) is 7.61. The first-order valence-electron chi connectivity index (χ1n) is 12.1. The fourth-order valence-electron chi connectivity index (χ4n) is 4.50. The number of hydrazine groups is 4. The predicted molar refractivity (Wildman–Crippen MR) is 158 cm³/mol. The number of rotatable bonds is 2. The van der Waals surface area contributed by atoms with E-state index >= 15 is 0 Å². The van der Waals surface area contributed by atoms with Gasteiger partial charge in [-0.25, -0.2) is 21.7 Å². The molecule has 2 saturated heterocycles. The zero-order valence-corrected chi connectivity index (χ0v) is 23.2. The van der Waals surface area contributed by atoms with Crippen molar-refractivity contribution in [3.63, 3.8) is 0 Å². The molecule has 10 nitrogen and oxygen atoms in total. The molecule has 0 unspecified atom stereocenters. The lowest BCUT2D eigenvalue weighted by Crippen LogP contribution is -2.62. The lowest BCUT2D eigenvalue weighted by atomic mass is 10.1. The average Bonchev–Trinajstić information content (AvgIpc) is 2.94. The third-order valence-corrected chi connectivity index (χ3v) is 7.48. The van der Waals surface area contributed by atoms with Gasteiger partial charge in [0, 0.05) is 62.5 Å². The molecule has 0 amide bonds. The van der Waals surface area contributed by atoms with E-state index in [4.69, 9.17) is 24.4 Å². The highest BCUT2D eigenvalue weighted by atomic mass is 32.1. The number of hydrogen-bond donors (Lipinski definition) is 4. The van der Waals surface area contributed by atoms with Crippen LogP contribution in [0.25, 0.3) is 21.8 Å². The fraction of sp³-hybridized carbons (Fsp3) is 0.231. The van der Waals surface area contributed by atoms with E-state index in [2.05, 4.69) is 68.1 Å². The minimum atomic E-state index is -0.0553. The summed E-state index contributed by atoms with van der Waals surface area (Å²) in [6.07, 6.45) is 3.51. The molecule has 0 bridgehead atoms. The number of hydrogen-bond acceptors (Lipinski definition) is 8. The molecule has 0 saturated carbocycles. The van der Waals surface area contributed by atoms with Crippen LogP contribution in [0.3, 0.4) is 0 Å². The number of nitrogens with zero attached hydrogens (tertiary/aromatic N) is 6. The minimum absolute atomic E-state index is 0.0553. The molecular weight excluding hydrogens is 516 g/mol. The Balaban J connectivity index is 0.000000155. The standard InChI is InChI=1S/2C13H15N5S/c2*1-17-13(19)18(2)16-12(15-17)10-7-3-5-9-6-4-8-14-11(9)10/h2*3-8,12,15-16H,1-2H3. The van der Waals surface area contributed by atoms with Crippen LogP contribution in [0, 0.1) is 0 Å². The van der Waals surface area contributed by atoms with Crippen molar-refractivity contribution in [2.75, 3.05) is 28.2 Å². The maximum Gasteiger partial charge on any atom is 0.200 e. The molecule has 2 aliphatic heterocycles. The smallest absolute Gasteiger partial charge is 0.200 e. The highest BCUT2D eigenvalue weighted by Gasteiger charge is 2.27. The molecule has 38 heavy (non-hydrogen) atoms. The largest absolute Gasteiger partial charge is 0.285 e. The molecule has 4 heterocycles. The topological polar surface area (TPSA) is 86.9 Å². The van der Waals surface area contributed by atoms with Crippen molar-refractivity contribution in [1.82, 2.24) is 51.7 Å². The van der Waals surface area contributed by atoms with Gasteiger partial charge in [-0.3, -0.25) is 30.0 Å². The van der Waals surface area contributed by atoms with E-state index in [0.717, 1.165) is 32.9 Å². The number of para-hydroxylation sites is 2. The summed E-state index contributed by atoms with van der Waals surface area (Å²) in [4.78, 5) is 8.95. The first kappa shape index (κ1) is 26.1. The summed E-state index contributed by atoms with van der Waals surface area (Å²) < 4.78 is 0. The summed E-state index contributed by atoms with van der Waals surface area (Å²) in [5, 5.41) is 11.0. The van der Waals surface area contributed by atoms with Crippen LogP contribution in [-0.4, -0.2) is 68.4 Å². The number of benzene rings is 2. The molecule has 6 rings (SSSR count). The number of aromatic nitrogens is 2. The second-order valence-corrected chi connectivity index (χ2v) is 9.76. The fourth-order valence-corrected chi connectivity index (χ4v) is 4.71. The summed E-state index contributed by atoms with van der Waals surface area (Å²) >= 11 is 10.5. The molecule has 12 heteroatoms. The Labute approximate surface area is 232 Å². The molecule has 4 N–H and O–H groups in total. The summed E-state index contributed by atoms with van der Waals surface area (Å²) in [5.41, 5.74) is 17.4. The summed E-state index contributed by atoms with van der Waals surface area (Å²) in [6.45, 7) is 0. The highest BCUT2D eigenvalue weighted by Crippen LogP contribution is 2.24. The molecule has 0 atom stereocenters. The van der Waals surface area contributed by atoms with E-state index in [1.54, 1.807) is 0 Å². The maximum absolute atomic E-state index is 5.26. The van der Waals surface area contributed by atoms with Gasteiger partial charge in [0.05, 0.1) is 11.0 Å². The van der Waals surface area contributed by atoms with Crippen molar-refractivity contribution in [1.29, 1.82) is 0 Å². The van der Waals surface area contributed by atoms with Crippen LogP contribution in [0.1, 0.15) is 23.5 Å². The van der Waals surface area contributed by atoms with Crippen LogP contribution >= 0.6 is 24.4 Å². The second kappa shape index (κ2) is 11.1. The van der Waals surface area contributed by atoms with Gasteiger partial charge in [0.15, 0.2) is 10.2 Å². The first-order chi connectivity index (χ1) is 18.3. The van der Waals surface area contributed by atoms with Crippen LogP contribution in [0.4, 0.5) is 0 Å². The van der Waals surface area contributed by atoms with Crippen molar-refractivity contribution >= 4 is 56.5 Å². The van der Waals surface area contributed by atoms with E-state index in [9.17, 15) is 0 Å². The van der Waals surface area contributed by atoms with Crippen LogP contribution in [-0.2, 0) is 0 Å². The molecule has 0 spiro atoms. The predicted octanol–water partition coefficient (Wildman–Crippen LogP) is 2.81. The molecule has 4 aromatic rings. The normalized spacial score (nSPS) is 17.3. The van der Waals surface area contributed by atoms with E-state index in [0.29, 0.717) is 10.2 Å². The van der Waals surface area contributed by atoms with Gasteiger partial charge in [-0.1, -0.05) is 48.5 Å². The summed E-state index contributed by atoms with van der Waals surface area (Å²) in [5.74, 6) is 0. The molecular formula is C26H30N10S2. The number of pyridine rings is 2. The average molecular weight is 547 g/mol. The van der Waals surface area contributed by atoms with Crippen molar-refractivity contribution < 1.29 is 0 Å². The molecule has 2 aromatic heterocycles. The third-order valence-electron chi connectivity index (χ3n) is 6.39. The zero-order chi connectivity index (χ0) is 26.8. The Morgan fingerprint density at radius 1 is 0.553 bits per heavy atom.